The van der Waals surface area contributed by atoms with Crippen LogP contribution in [0.4, 0.5) is 22.0 Å². The van der Waals surface area contributed by atoms with E-state index in [9.17, 15) is 22.0 Å². The number of halogens is 5. The van der Waals surface area contributed by atoms with E-state index in [1.165, 1.54) is 48.5 Å². The Morgan fingerprint density at radius 1 is 0.853 bits per heavy atom. The van der Waals surface area contributed by atoms with Crippen molar-refractivity contribution in [1.29, 1.82) is 0 Å². The number of hydrogen-bond acceptors (Lipinski definition) is 3. The minimum Gasteiger partial charge on any atom is -0.429 e. The standard InChI is InChI=1S/C26H21F5O3/c1-2-3-16-14-32-25(33-15-16)19-12-22(28)24(23(29)13-19)26(30,31)34-21-10-6-18(7-11-21)17-4-8-20(27)9-5-17/h2-13,16,25H,14-15H2,1H3/b3-2+. The SMILES string of the molecule is C/C=C/C1COC(c2cc(F)c(C(F)(F)Oc3ccc(-c4ccc(F)cc4)cc3)c(F)c2)OC1. The molecular weight excluding hydrogens is 455 g/mol. The van der Waals surface area contributed by atoms with Gasteiger partial charge in [-0.05, 0) is 54.4 Å². The molecule has 0 bridgehead atoms. The van der Waals surface area contributed by atoms with Crippen molar-refractivity contribution in [2.24, 2.45) is 5.92 Å². The summed E-state index contributed by atoms with van der Waals surface area (Å²) in [5, 5.41) is 0. The lowest BCUT2D eigenvalue weighted by atomic mass is 10.1. The van der Waals surface area contributed by atoms with Crippen LogP contribution < -0.4 is 4.74 Å². The fourth-order valence-electron chi connectivity index (χ4n) is 3.66. The molecule has 0 spiro atoms. The van der Waals surface area contributed by atoms with Crippen LogP contribution in [0.2, 0.25) is 0 Å². The van der Waals surface area contributed by atoms with Crippen LogP contribution in [-0.2, 0) is 15.6 Å². The molecule has 1 fully saturated rings. The van der Waals surface area contributed by atoms with Gasteiger partial charge in [-0.3, -0.25) is 0 Å². The van der Waals surface area contributed by atoms with Gasteiger partial charge in [0.15, 0.2) is 6.29 Å². The van der Waals surface area contributed by atoms with Gasteiger partial charge in [-0.15, -0.1) is 0 Å². The van der Waals surface area contributed by atoms with Crippen LogP contribution in [0.3, 0.4) is 0 Å². The molecule has 1 aliphatic rings. The first-order valence-electron chi connectivity index (χ1n) is 10.5. The molecule has 0 radical (unpaired) electrons. The van der Waals surface area contributed by atoms with Crippen molar-refractivity contribution >= 4 is 0 Å². The Hall–Kier alpha value is -3.23. The third kappa shape index (κ3) is 5.29. The number of allylic oxidation sites excluding steroid dienone is 1. The van der Waals surface area contributed by atoms with Crippen LogP contribution in [0, 0.1) is 23.4 Å². The summed E-state index contributed by atoms with van der Waals surface area (Å²) in [6.45, 7) is 2.39. The smallest absolute Gasteiger partial charge is 0.429 e. The van der Waals surface area contributed by atoms with Crippen molar-refractivity contribution in [1.82, 2.24) is 0 Å². The number of alkyl halides is 2. The van der Waals surface area contributed by atoms with E-state index in [0.717, 1.165) is 12.1 Å². The molecule has 1 heterocycles. The van der Waals surface area contributed by atoms with Gasteiger partial charge in [0.05, 0.1) is 13.2 Å². The first-order valence-corrected chi connectivity index (χ1v) is 10.5. The maximum absolute atomic E-state index is 14.7. The molecule has 34 heavy (non-hydrogen) atoms. The summed E-state index contributed by atoms with van der Waals surface area (Å²) in [4.78, 5) is 0. The Morgan fingerprint density at radius 3 is 1.91 bits per heavy atom. The molecule has 8 heteroatoms. The monoisotopic (exact) mass is 476 g/mol. The summed E-state index contributed by atoms with van der Waals surface area (Å²) < 4.78 is 87.4. The average Bonchev–Trinajstić information content (AvgIpc) is 2.80. The third-order valence-electron chi connectivity index (χ3n) is 5.29. The van der Waals surface area contributed by atoms with Gasteiger partial charge >= 0.3 is 6.11 Å². The summed E-state index contributed by atoms with van der Waals surface area (Å²) in [5.41, 5.74) is -0.267. The Kier molecular flexibility index (Phi) is 7.00. The Morgan fingerprint density at radius 2 is 1.38 bits per heavy atom. The van der Waals surface area contributed by atoms with Crippen LogP contribution in [-0.4, -0.2) is 13.2 Å². The van der Waals surface area contributed by atoms with Gasteiger partial charge in [0.2, 0.25) is 0 Å². The molecule has 178 valence electrons. The van der Waals surface area contributed by atoms with E-state index < -0.39 is 35.4 Å². The molecule has 0 atom stereocenters. The van der Waals surface area contributed by atoms with Crippen molar-refractivity contribution in [3.8, 4) is 16.9 Å². The summed E-state index contributed by atoms with van der Waals surface area (Å²) in [6, 6.07) is 12.6. The van der Waals surface area contributed by atoms with E-state index >= 15 is 0 Å². The molecule has 4 rings (SSSR count). The topological polar surface area (TPSA) is 27.7 Å². The van der Waals surface area contributed by atoms with E-state index in [1.54, 1.807) is 0 Å². The van der Waals surface area contributed by atoms with Crippen LogP contribution in [0.5, 0.6) is 5.75 Å². The van der Waals surface area contributed by atoms with Crippen molar-refractivity contribution in [3.05, 3.63) is 101 Å². The molecular formula is C26H21F5O3. The zero-order chi connectivity index (χ0) is 24.3. The lowest BCUT2D eigenvalue weighted by molar-refractivity contribution is -0.198. The molecule has 3 nitrogen and oxygen atoms in total. The second-order valence-electron chi connectivity index (χ2n) is 7.79. The molecule has 0 aliphatic carbocycles. The predicted octanol–water partition coefficient (Wildman–Crippen LogP) is 7.14. The van der Waals surface area contributed by atoms with Gasteiger partial charge in [0, 0.05) is 11.5 Å². The van der Waals surface area contributed by atoms with E-state index in [4.69, 9.17) is 9.47 Å². The predicted molar refractivity (Wildman–Crippen MR) is 116 cm³/mol. The van der Waals surface area contributed by atoms with Crippen LogP contribution in [0.25, 0.3) is 11.1 Å². The maximum atomic E-state index is 14.7. The molecule has 0 aromatic heterocycles. The quantitative estimate of drug-likeness (QED) is 0.280. The number of hydrogen-bond donors (Lipinski definition) is 0. The Balaban J connectivity index is 1.50. The molecule has 1 saturated heterocycles. The number of ether oxygens (including phenoxy) is 3. The minimum atomic E-state index is -4.28. The summed E-state index contributed by atoms with van der Waals surface area (Å²) in [6.07, 6.45) is -1.63. The van der Waals surface area contributed by atoms with E-state index in [2.05, 4.69) is 4.74 Å². The summed E-state index contributed by atoms with van der Waals surface area (Å²) in [7, 11) is 0. The van der Waals surface area contributed by atoms with Crippen LogP contribution >= 0.6 is 0 Å². The molecule has 0 amide bonds. The highest BCUT2D eigenvalue weighted by Gasteiger charge is 2.41. The zero-order valence-electron chi connectivity index (χ0n) is 18.1. The van der Waals surface area contributed by atoms with E-state index in [0.29, 0.717) is 11.1 Å². The van der Waals surface area contributed by atoms with Crippen LogP contribution in [0.15, 0.2) is 72.8 Å². The molecule has 3 aromatic rings. The van der Waals surface area contributed by atoms with E-state index in [1.807, 2.05) is 19.1 Å². The summed E-state index contributed by atoms with van der Waals surface area (Å²) >= 11 is 0. The zero-order valence-corrected chi connectivity index (χ0v) is 18.1. The highest BCUT2D eigenvalue weighted by atomic mass is 19.3. The first-order chi connectivity index (χ1) is 16.3. The fourth-order valence-corrected chi connectivity index (χ4v) is 3.66. The minimum absolute atomic E-state index is 0.00222. The number of rotatable bonds is 6. The highest BCUT2D eigenvalue weighted by molar-refractivity contribution is 5.64. The molecule has 3 aromatic carbocycles. The molecule has 0 unspecified atom stereocenters. The second-order valence-corrected chi connectivity index (χ2v) is 7.79. The van der Waals surface area contributed by atoms with Gasteiger partial charge < -0.3 is 14.2 Å². The number of benzene rings is 3. The van der Waals surface area contributed by atoms with E-state index in [-0.39, 0.29) is 30.4 Å². The normalized spacial score (nSPS) is 18.9. The fraction of sp³-hybridized carbons (Fsp3) is 0.231. The van der Waals surface area contributed by atoms with Crippen molar-refractivity contribution in [2.45, 2.75) is 19.3 Å². The lowest BCUT2D eigenvalue weighted by Crippen LogP contribution is -2.28. The Labute approximate surface area is 193 Å². The van der Waals surface area contributed by atoms with Crippen molar-refractivity contribution in [3.63, 3.8) is 0 Å². The molecule has 0 N–H and O–H groups in total. The first kappa shape index (κ1) is 23.9. The lowest BCUT2D eigenvalue weighted by Gasteiger charge is -2.28. The van der Waals surface area contributed by atoms with Crippen molar-refractivity contribution in [2.75, 3.05) is 13.2 Å². The van der Waals surface area contributed by atoms with Gasteiger partial charge in [0.25, 0.3) is 0 Å². The van der Waals surface area contributed by atoms with Gasteiger partial charge in [-0.2, -0.15) is 8.78 Å². The van der Waals surface area contributed by atoms with Gasteiger partial charge in [0.1, 0.15) is 28.8 Å². The average molecular weight is 476 g/mol. The Bertz CT molecular complexity index is 1130. The summed E-state index contributed by atoms with van der Waals surface area (Å²) in [5.74, 6) is -3.66. The third-order valence-corrected chi connectivity index (χ3v) is 5.29. The second kappa shape index (κ2) is 9.95. The molecule has 0 saturated carbocycles. The van der Waals surface area contributed by atoms with Gasteiger partial charge in [-0.25, -0.2) is 13.2 Å². The van der Waals surface area contributed by atoms with Crippen molar-refractivity contribution < 1.29 is 36.2 Å². The molecule has 1 aliphatic heterocycles. The van der Waals surface area contributed by atoms with Crippen LogP contribution in [0.1, 0.15) is 24.3 Å². The highest BCUT2D eigenvalue weighted by Crippen LogP contribution is 2.37. The van der Waals surface area contributed by atoms with Gasteiger partial charge in [-0.1, -0.05) is 36.4 Å². The maximum Gasteiger partial charge on any atom is 0.432 e. The largest absolute Gasteiger partial charge is 0.432 e.